The molecule has 2 aromatic carbocycles. The topological polar surface area (TPSA) is 128 Å². The molecule has 0 spiro atoms. The number of nitrogens with zero attached hydrogens (tertiary/aromatic N) is 1. The summed E-state index contributed by atoms with van der Waals surface area (Å²) >= 11 is 0. The number of hydrogen-bond acceptors (Lipinski definition) is 6. The van der Waals surface area contributed by atoms with Gasteiger partial charge in [0.25, 0.3) is 0 Å². The maximum Gasteiger partial charge on any atom is 0.244 e. The van der Waals surface area contributed by atoms with Crippen molar-refractivity contribution in [2.45, 2.75) is 23.8 Å². The number of ether oxygens (including phenoxy) is 2. The van der Waals surface area contributed by atoms with E-state index in [1.54, 1.807) is 0 Å². The smallest absolute Gasteiger partial charge is 0.244 e. The number of carbonyl (C=O) groups excluding carboxylic acids is 2. The van der Waals surface area contributed by atoms with E-state index in [1.165, 1.54) is 43.4 Å². The predicted molar refractivity (Wildman–Crippen MR) is 113 cm³/mol. The van der Waals surface area contributed by atoms with E-state index < -0.39 is 33.7 Å². The summed E-state index contributed by atoms with van der Waals surface area (Å²) in [6.45, 7) is 0.681. The van der Waals surface area contributed by atoms with Crippen LogP contribution in [-0.4, -0.2) is 51.9 Å². The van der Waals surface area contributed by atoms with Crippen molar-refractivity contribution < 1.29 is 31.9 Å². The highest BCUT2D eigenvalue weighted by molar-refractivity contribution is 7.89. The van der Waals surface area contributed by atoms with Crippen LogP contribution in [0.5, 0.6) is 11.5 Å². The van der Waals surface area contributed by atoms with Gasteiger partial charge in [-0.15, -0.1) is 0 Å². The first-order chi connectivity index (χ1) is 15.2. The maximum absolute atomic E-state index is 13.5. The van der Waals surface area contributed by atoms with Crippen LogP contribution in [0.3, 0.4) is 0 Å². The molecule has 1 aliphatic rings. The Hall–Kier alpha value is -3.18. The normalized spacial score (nSPS) is 14.3. The van der Waals surface area contributed by atoms with Crippen molar-refractivity contribution in [1.82, 2.24) is 9.62 Å². The van der Waals surface area contributed by atoms with Gasteiger partial charge in [0.2, 0.25) is 21.8 Å². The standard InChI is InChI=1S/C21H24FN3O6S/c1-25(20(21(23)27)14-4-2-5-15(22)12-14)19(26)8-9-24-32(28,29)16-6-7-17-18(13-16)31-11-3-10-30-17/h2,4-7,12-13,20,24H,3,8-11H2,1H3,(H2,23,27). The number of amides is 2. The third-order valence-electron chi connectivity index (χ3n) is 4.87. The second-order valence-corrected chi connectivity index (χ2v) is 8.94. The van der Waals surface area contributed by atoms with Crippen LogP contribution < -0.4 is 19.9 Å². The van der Waals surface area contributed by atoms with Crippen molar-refractivity contribution in [3.63, 3.8) is 0 Å². The fraction of sp³-hybridized carbons (Fsp3) is 0.333. The Morgan fingerprint density at radius 2 is 1.88 bits per heavy atom. The van der Waals surface area contributed by atoms with E-state index in [0.717, 1.165) is 11.0 Å². The first kappa shape index (κ1) is 23.5. The Kier molecular flexibility index (Phi) is 7.31. The van der Waals surface area contributed by atoms with Crippen LogP contribution in [0, 0.1) is 5.82 Å². The fourth-order valence-electron chi connectivity index (χ4n) is 3.26. The van der Waals surface area contributed by atoms with E-state index in [2.05, 4.69) is 4.72 Å². The van der Waals surface area contributed by atoms with Gasteiger partial charge in [0, 0.05) is 32.5 Å². The van der Waals surface area contributed by atoms with Gasteiger partial charge in [0.15, 0.2) is 11.5 Å². The molecule has 0 aliphatic carbocycles. The highest BCUT2D eigenvalue weighted by Gasteiger charge is 2.27. The predicted octanol–water partition coefficient (Wildman–Crippen LogP) is 1.34. The van der Waals surface area contributed by atoms with Crippen LogP contribution in [0.4, 0.5) is 4.39 Å². The Morgan fingerprint density at radius 1 is 1.16 bits per heavy atom. The molecule has 0 fully saturated rings. The van der Waals surface area contributed by atoms with Crippen LogP contribution in [0.25, 0.3) is 0 Å². The molecule has 172 valence electrons. The molecule has 0 aromatic heterocycles. The van der Waals surface area contributed by atoms with Gasteiger partial charge >= 0.3 is 0 Å². The minimum absolute atomic E-state index is 0.0303. The van der Waals surface area contributed by atoms with E-state index in [9.17, 15) is 22.4 Å². The summed E-state index contributed by atoms with van der Waals surface area (Å²) in [5, 5.41) is 0. The summed E-state index contributed by atoms with van der Waals surface area (Å²) in [4.78, 5) is 25.5. The molecule has 3 N–H and O–H groups in total. The lowest BCUT2D eigenvalue weighted by molar-refractivity contribution is -0.137. The summed E-state index contributed by atoms with van der Waals surface area (Å²) in [5.74, 6) is -1.15. The van der Waals surface area contributed by atoms with E-state index in [1.807, 2.05) is 0 Å². The zero-order valence-corrected chi connectivity index (χ0v) is 18.2. The molecule has 32 heavy (non-hydrogen) atoms. The molecule has 11 heteroatoms. The van der Waals surface area contributed by atoms with Gasteiger partial charge in [0.1, 0.15) is 11.9 Å². The van der Waals surface area contributed by atoms with Crippen LogP contribution >= 0.6 is 0 Å². The summed E-state index contributed by atoms with van der Waals surface area (Å²) < 4.78 is 52.1. The molecule has 3 rings (SSSR count). The first-order valence-corrected chi connectivity index (χ1v) is 11.4. The molecular formula is C21H24FN3O6S. The SMILES string of the molecule is CN(C(=O)CCNS(=O)(=O)c1ccc2c(c1)OCCCO2)C(C(N)=O)c1cccc(F)c1. The minimum Gasteiger partial charge on any atom is -0.490 e. The summed E-state index contributed by atoms with van der Waals surface area (Å²) in [6.07, 6.45) is 0.450. The summed E-state index contributed by atoms with van der Waals surface area (Å²) in [7, 11) is -2.57. The van der Waals surface area contributed by atoms with Gasteiger partial charge in [-0.05, 0) is 29.8 Å². The van der Waals surface area contributed by atoms with Crippen molar-refractivity contribution in [3.8, 4) is 11.5 Å². The van der Waals surface area contributed by atoms with Gasteiger partial charge in [0.05, 0.1) is 18.1 Å². The van der Waals surface area contributed by atoms with E-state index in [-0.39, 0.29) is 23.4 Å². The zero-order valence-electron chi connectivity index (χ0n) is 17.4. The Balaban J connectivity index is 1.64. The number of primary amides is 1. The monoisotopic (exact) mass is 465 g/mol. The number of sulfonamides is 1. The Labute approximate surface area is 185 Å². The number of likely N-dealkylation sites (N-methyl/N-ethyl adjacent to an activating group) is 1. The molecule has 0 bridgehead atoms. The number of halogens is 1. The van der Waals surface area contributed by atoms with Gasteiger partial charge in [-0.3, -0.25) is 9.59 Å². The van der Waals surface area contributed by atoms with E-state index in [0.29, 0.717) is 31.1 Å². The van der Waals surface area contributed by atoms with Crippen molar-refractivity contribution in [1.29, 1.82) is 0 Å². The molecule has 0 saturated carbocycles. The third-order valence-corrected chi connectivity index (χ3v) is 6.33. The molecule has 9 nitrogen and oxygen atoms in total. The van der Waals surface area contributed by atoms with Crippen LogP contribution in [-0.2, 0) is 19.6 Å². The van der Waals surface area contributed by atoms with Gasteiger partial charge in [-0.2, -0.15) is 0 Å². The lowest BCUT2D eigenvalue weighted by atomic mass is 10.0. The van der Waals surface area contributed by atoms with Gasteiger partial charge < -0.3 is 20.1 Å². The second kappa shape index (κ2) is 9.96. The Morgan fingerprint density at radius 3 is 2.56 bits per heavy atom. The molecule has 1 atom stereocenters. The molecule has 1 heterocycles. The number of hydrogen-bond donors (Lipinski definition) is 2. The van der Waals surface area contributed by atoms with Gasteiger partial charge in [-0.25, -0.2) is 17.5 Å². The van der Waals surface area contributed by atoms with Crippen molar-refractivity contribution in [2.24, 2.45) is 5.73 Å². The third kappa shape index (κ3) is 5.54. The second-order valence-electron chi connectivity index (χ2n) is 7.17. The first-order valence-electron chi connectivity index (χ1n) is 9.89. The zero-order chi connectivity index (χ0) is 23.3. The largest absolute Gasteiger partial charge is 0.490 e. The number of carbonyl (C=O) groups is 2. The van der Waals surface area contributed by atoms with Crippen LogP contribution in [0.15, 0.2) is 47.4 Å². The van der Waals surface area contributed by atoms with Crippen LogP contribution in [0.1, 0.15) is 24.4 Å². The highest BCUT2D eigenvalue weighted by atomic mass is 32.2. The summed E-state index contributed by atoms with van der Waals surface area (Å²) in [6, 6.07) is 8.30. The molecular weight excluding hydrogens is 441 g/mol. The molecule has 0 radical (unpaired) electrons. The van der Waals surface area contributed by atoms with Crippen LogP contribution in [0.2, 0.25) is 0 Å². The molecule has 1 unspecified atom stereocenters. The lowest BCUT2D eigenvalue weighted by Crippen LogP contribution is -2.40. The van der Waals surface area contributed by atoms with E-state index in [4.69, 9.17) is 15.2 Å². The average Bonchev–Trinajstić information content (AvgIpc) is 2.98. The van der Waals surface area contributed by atoms with Crippen molar-refractivity contribution in [2.75, 3.05) is 26.8 Å². The maximum atomic E-state index is 13.5. The number of fused-ring (bicyclic) bond motifs is 1. The van der Waals surface area contributed by atoms with E-state index >= 15 is 0 Å². The molecule has 2 amide bonds. The highest BCUT2D eigenvalue weighted by Crippen LogP contribution is 2.31. The quantitative estimate of drug-likeness (QED) is 0.606. The number of benzene rings is 2. The minimum atomic E-state index is -3.92. The number of rotatable bonds is 8. The number of nitrogens with two attached hydrogens (primary N) is 1. The van der Waals surface area contributed by atoms with Crippen molar-refractivity contribution in [3.05, 3.63) is 53.8 Å². The van der Waals surface area contributed by atoms with Crippen molar-refractivity contribution >= 4 is 21.8 Å². The molecule has 1 aliphatic heterocycles. The Bertz CT molecular complexity index is 1110. The van der Waals surface area contributed by atoms with Gasteiger partial charge in [-0.1, -0.05) is 12.1 Å². The molecule has 0 saturated heterocycles. The molecule has 2 aromatic rings. The average molecular weight is 466 g/mol. The summed E-state index contributed by atoms with van der Waals surface area (Å²) in [5.41, 5.74) is 5.63. The number of nitrogens with one attached hydrogen (secondary N) is 1. The lowest BCUT2D eigenvalue weighted by Gasteiger charge is -2.26. The fourth-order valence-corrected chi connectivity index (χ4v) is 4.31.